The highest BCUT2D eigenvalue weighted by Gasteiger charge is 2.09. The van der Waals surface area contributed by atoms with Gasteiger partial charge in [-0.15, -0.1) is 5.10 Å². The Bertz CT molecular complexity index is 585. The fourth-order valence-electron chi connectivity index (χ4n) is 1.63. The monoisotopic (exact) mass is 307 g/mol. The summed E-state index contributed by atoms with van der Waals surface area (Å²) in [7, 11) is 0. The summed E-state index contributed by atoms with van der Waals surface area (Å²) in [5.41, 5.74) is 0.735. The summed E-state index contributed by atoms with van der Waals surface area (Å²) in [6.07, 6.45) is 0. The van der Waals surface area contributed by atoms with Gasteiger partial charge in [0.05, 0.1) is 12.4 Å². The maximum atomic E-state index is 11.9. The second-order valence-electron chi connectivity index (χ2n) is 4.07. The molecule has 1 heterocycles. The van der Waals surface area contributed by atoms with Gasteiger partial charge in [-0.1, -0.05) is 11.8 Å². The minimum absolute atomic E-state index is 0.102. The average molecular weight is 307 g/mol. The minimum Gasteiger partial charge on any atom is -0.494 e. The zero-order valence-electron chi connectivity index (χ0n) is 11.9. The highest BCUT2D eigenvalue weighted by Crippen LogP contribution is 2.17. The second kappa shape index (κ2) is 7.63. The zero-order chi connectivity index (χ0) is 15.1. The van der Waals surface area contributed by atoms with Crippen LogP contribution < -0.4 is 10.1 Å². The topological polar surface area (TPSA) is 81.9 Å². The van der Waals surface area contributed by atoms with Gasteiger partial charge in [0, 0.05) is 12.2 Å². The number of nitrogens with zero attached hydrogens (tertiary/aromatic N) is 4. The Morgan fingerprint density at radius 2 is 2.10 bits per heavy atom. The van der Waals surface area contributed by atoms with Crippen molar-refractivity contribution in [3.05, 3.63) is 24.3 Å². The van der Waals surface area contributed by atoms with E-state index >= 15 is 0 Å². The van der Waals surface area contributed by atoms with Crippen LogP contribution in [0.15, 0.2) is 29.4 Å². The van der Waals surface area contributed by atoms with Crippen molar-refractivity contribution in [3.63, 3.8) is 0 Å². The minimum atomic E-state index is -0.102. The van der Waals surface area contributed by atoms with Gasteiger partial charge in [-0.3, -0.25) is 4.79 Å². The van der Waals surface area contributed by atoms with Crippen LogP contribution >= 0.6 is 11.8 Å². The van der Waals surface area contributed by atoms with E-state index < -0.39 is 0 Å². The van der Waals surface area contributed by atoms with Gasteiger partial charge in [0.15, 0.2) is 0 Å². The van der Waals surface area contributed by atoms with Crippen molar-refractivity contribution in [2.45, 2.75) is 25.5 Å². The number of hydrogen-bond acceptors (Lipinski definition) is 6. The lowest BCUT2D eigenvalue weighted by Crippen LogP contribution is -2.14. The summed E-state index contributed by atoms with van der Waals surface area (Å²) in [5.74, 6) is 0.940. The fraction of sp³-hybridized carbons (Fsp3) is 0.385. The Kier molecular flexibility index (Phi) is 5.56. The summed E-state index contributed by atoms with van der Waals surface area (Å²) in [6.45, 7) is 5.17. The summed E-state index contributed by atoms with van der Waals surface area (Å²) in [4.78, 5) is 11.9. The van der Waals surface area contributed by atoms with Gasteiger partial charge in [0.25, 0.3) is 0 Å². The van der Waals surface area contributed by atoms with Gasteiger partial charge in [-0.25, -0.2) is 4.68 Å². The van der Waals surface area contributed by atoms with E-state index in [1.54, 1.807) is 4.68 Å². The van der Waals surface area contributed by atoms with E-state index in [2.05, 4.69) is 20.8 Å². The van der Waals surface area contributed by atoms with Crippen LogP contribution in [0, 0.1) is 0 Å². The van der Waals surface area contributed by atoms with Gasteiger partial charge in [-0.2, -0.15) is 0 Å². The molecule has 8 heteroatoms. The number of amides is 1. The molecule has 21 heavy (non-hydrogen) atoms. The lowest BCUT2D eigenvalue weighted by molar-refractivity contribution is -0.113. The van der Waals surface area contributed by atoms with Crippen molar-refractivity contribution in [1.29, 1.82) is 0 Å². The van der Waals surface area contributed by atoms with Crippen molar-refractivity contribution in [1.82, 2.24) is 20.2 Å². The predicted octanol–water partition coefficient (Wildman–Crippen LogP) is 1.82. The summed E-state index contributed by atoms with van der Waals surface area (Å²) in [6, 6.07) is 7.26. The molecule has 0 aliphatic heterocycles. The van der Waals surface area contributed by atoms with Crippen LogP contribution in [0.3, 0.4) is 0 Å². The first-order valence-corrected chi connectivity index (χ1v) is 7.63. The molecule has 0 aliphatic rings. The Balaban J connectivity index is 1.84. The maximum absolute atomic E-state index is 11.9. The number of thioether (sulfide) groups is 1. The number of rotatable bonds is 7. The van der Waals surface area contributed by atoms with Crippen molar-refractivity contribution in [2.75, 3.05) is 17.7 Å². The lowest BCUT2D eigenvalue weighted by Gasteiger charge is -2.07. The molecule has 1 N–H and O–H groups in total. The molecule has 1 amide bonds. The first-order chi connectivity index (χ1) is 10.2. The van der Waals surface area contributed by atoms with Crippen LogP contribution in [0.25, 0.3) is 0 Å². The standard InChI is InChI=1S/C13H17N5O2S/c1-3-18-13(15-16-17-18)21-9-12(19)14-10-5-7-11(8-6-10)20-4-2/h5-8H,3-4,9H2,1-2H3,(H,14,19). The molecule has 0 spiro atoms. The quantitative estimate of drug-likeness (QED) is 0.786. The molecule has 0 saturated carbocycles. The second-order valence-corrected chi connectivity index (χ2v) is 5.01. The van der Waals surface area contributed by atoms with Crippen molar-refractivity contribution in [3.8, 4) is 5.75 Å². The third-order valence-electron chi connectivity index (χ3n) is 2.58. The van der Waals surface area contributed by atoms with E-state index in [0.717, 1.165) is 11.4 Å². The lowest BCUT2D eigenvalue weighted by atomic mass is 10.3. The molecule has 1 aromatic heterocycles. The summed E-state index contributed by atoms with van der Waals surface area (Å²) in [5, 5.41) is 14.7. The van der Waals surface area contributed by atoms with Crippen LogP contribution in [0.5, 0.6) is 5.75 Å². The third kappa shape index (κ3) is 4.45. The maximum Gasteiger partial charge on any atom is 0.234 e. The van der Waals surface area contributed by atoms with Gasteiger partial charge < -0.3 is 10.1 Å². The van der Waals surface area contributed by atoms with Crippen LogP contribution in [0.4, 0.5) is 5.69 Å². The van der Waals surface area contributed by atoms with Gasteiger partial charge in [0.2, 0.25) is 11.1 Å². The van der Waals surface area contributed by atoms with Gasteiger partial charge in [-0.05, 0) is 48.5 Å². The molecule has 0 aliphatic carbocycles. The first-order valence-electron chi connectivity index (χ1n) is 6.64. The van der Waals surface area contributed by atoms with Crippen LogP contribution in [0.1, 0.15) is 13.8 Å². The van der Waals surface area contributed by atoms with Crippen LogP contribution in [0.2, 0.25) is 0 Å². The molecule has 2 rings (SSSR count). The molecular weight excluding hydrogens is 290 g/mol. The van der Waals surface area contributed by atoms with E-state index in [4.69, 9.17) is 4.74 Å². The number of carbonyl (C=O) groups excluding carboxylic acids is 1. The summed E-state index contributed by atoms with van der Waals surface area (Å²) < 4.78 is 6.99. The van der Waals surface area contributed by atoms with Crippen LogP contribution in [-0.4, -0.2) is 38.5 Å². The Labute approximate surface area is 127 Å². The van der Waals surface area contributed by atoms with E-state index in [1.807, 2.05) is 38.1 Å². The van der Waals surface area contributed by atoms with E-state index in [0.29, 0.717) is 18.3 Å². The van der Waals surface area contributed by atoms with Gasteiger partial charge >= 0.3 is 0 Å². The zero-order valence-corrected chi connectivity index (χ0v) is 12.8. The molecule has 112 valence electrons. The largest absolute Gasteiger partial charge is 0.494 e. The normalized spacial score (nSPS) is 10.4. The number of carbonyl (C=O) groups is 1. The number of benzene rings is 1. The number of tetrazole rings is 1. The molecule has 7 nitrogen and oxygen atoms in total. The van der Waals surface area contributed by atoms with Crippen LogP contribution in [-0.2, 0) is 11.3 Å². The number of aryl methyl sites for hydroxylation is 1. The van der Waals surface area contributed by atoms with E-state index in [1.165, 1.54) is 11.8 Å². The molecule has 0 saturated heterocycles. The molecule has 0 fully saturated rings. The van der Waals surface area contributed by atoms with Crippen molar-refractivity contribution >= 4 is 23.4 Å². The number of anilines is 1. The molecule has 1 aromatic carbocycles. The molecular formula is C13H17N5O2S. The molecule has 0 bridgehead atoms. The Morgan fingerprint density at radius 1 is 1.33 bits per heavy atom. The predicted molar refractivity (Wildman–Crippen MR) is 80.5 cm³/mol. The Hall–Kier alpha value is -2.09. The summed E-state index contributed by atoms with van der Waals surface area (Å²) >= 11 is 1.31. The van der Waals surface area contributed by atoms with E-state index in [-0.39, 0.29) is 11.7 Å². The number of nitrogens with one attached hydrogen (secondary N) is 1. The molecule has 0 radical (unpaired) electrons. The van der Waals surface area contributed by atoms with E-state index in [9.17, 15) is 4.79 Å². The number of hydrogen-bond donors (Lipinski definition) is 1. The molecule has 2 aromatic rings. The van der Waals surface area contributed by atoms with Gasteiger partial charge in [0.1, 0.15) is 5.75 Å². The highest BCUT2D eigenvalue weighted by atomic mass is 32.2. The first kappa shape index (κ1) is 15.3. The Morgan fingerprint density at radius 3 is 2.76 bits per heavy atom. The van der Waals surface area contributed by atoms with Crippen molar-refractivity contribution in [2.24, 2.45) is 0 Å². The molecule has 0 atom stereocenters. The average Bonchev–Trinajstić information content (AvgIpc) is 2.95. The SMILES string of the molecule is CCOc1ccc(NC(=O)CSc2nnnn2CC)cc1. The van der Waals surface area contributed by atoms with Crippen molar-refractivity contribution < 1.29 is 9.53 Å². The smallest absolute Gasteiger partial charge is 0.234 e. The number of ether oxygens (including phenoxy) is 1. The number of aromatic nitrogens is 4. The molecule has 0 unspecified atom stereocenters. The fourth-order valence-corrected chi connectivity index (χ4v) is 2.37. The third-order valence-corrected chi connectivity index (χ3v) is 3.54. The highest BCUT2D eigenvalue weighted by molar-refractivity contribution is 7.99.